The van der Waals surface area contributed by atoms with Gasteiger partial charge in [-0.05, 0) is 64.7 Å². The minimum absolute atomic E-state index is 0.0313. The van der Waals surface area contributed by atoms with Crippen LogP contribution in [0.25, 0.3) is 0 Å². The average Bonchev–Trinajstić information content (AvgIpc) is 2.97. The fraction of sp³-hybridized carbons (Fsp3) is 0.938. The predicted molar refractivity (Wildman–Crippen MR) is 80.5 cm³/mol. The number of rotatable bonds is 5. The molecule has 2 aliphatic carbocycles. The second kappa shape index (κ2) is 6.33. The molecule has 20 heavy (non-hydrogen) atoms. The highest BCUT2D eigenvalue weighted by Gasteiger charge is 2.42. The minimum Gasteiger partial charge on any atom is -0.392 e. The zero-order valence-corrected chi connectivity index (χ0v) is 13.3. The van der Waals surface area contributed by atoms with Crippen molar-refractivity contribution in [2.24, 2.45) is 17.8 Å². The Morgan fingerprint density at radius 1 is 1.25 bits per heavy atom. The first-order valence-corrected chi connectivity index (χ1v) is 8.13. The van der Waals surface area contributed by atoms with Crippen molar-refractivity contribution < 1.29 is 9.90 Å². The second-order valence-corrected chi connectivity index (χ2v) is 7.17. The van der Waals surface area contributed by atoms with E-state index in [2.05, 4.69) is 12.2 Å². The third kappa shape index (κ3) is 3.46. The highest BCUT2D eigenvalue weighted by atomic mass is 16.3. The summed E-state index contributed by atoms with van der Waals surface area (Å²) in [7, 11) is 0. The van der Waals surface area contributed by atoms with Crippen LogP contribution in [0, 0.1) is 17.8 Å². The van der Waals surface area contributed by atoms with Gasteiger partial charge in [0.05, 0.1) is 6.10 Å². The Hall–Kier alpha value is -0.770. The van der Waals surface area contributed by atoms with E-state index in [9.17, 15) is 9.90 Å². The molecule has 2 amide bonds. The van der Waals surface area contributed by atoms with Gasteiger partial charge in [0.15, 0.2) is 0 Å². The lowest BCUT2D eigenvalue weighted by Crippen LogP contribution is -2.51. The molecular formula is C16H30N2O2. The normalized spacial score (nSPS) is 31.4. The molecule has 0 aromatic heterocycles. The van der Waals surface area contributed by atoms with Gasteiger partial charge >= 0.3 is 6.03 Å². The van der Waals surface area contributed by atoms with Crippen LogP contribution >= 0.6 is 0 Å². The van der Waals surface area contributed by atoms with Crippen molar-refractivity contribution in [3.8, 4) is 0 Å². The standard InChI is InChI=1S/C16H30N2O2/c1-10(2)18(9-11(3)19)16(20)17-12(4)15-8-13-5-6-14(15)7-13/h10-15,19H,5-9H2,1-4H3,(H,17,20). The van der Waals surface area contributed by atoms with Crippen LogP contribution in [0.5, 0.6) is 0 Å². The van der Waals surface area contributed by atoms with Crippen LogP contribution < -0.4 is 5.32 Å². The summed E-state index contributed by atoms with van der Waals surface area (Å²) in [5.74, 6) is 2.38. The number of aliphatic hydroxyl groups is 1. The largest absolute Gasteiger partial charge is 0.392 e. The topological polar surface area (TPSA) is 52.6 Å². The Morgan fingerprint density at radius 2 is 1.95 bits per heavy atom. The first-order valence-electron chi connectivity index (χ1n) is 8.13. The Labute approximate surface area is 122 Å². The van der Waals surface area contributed by atoms with Gasteiger partial charge in [0.2, 0.25) is 0 Å². The summed E-state index contributed by atoms with van der Waals surface area (Å²) in [6, 6.07) is 0.320. The lowest BCUT2D eigenvalue weighted by atomic mass is 9.84. The molecular weight excluding hydrogens is 252 g/mol. The zero-order chi connectivity index (χ0) is 14.9. The smallest absolute Gasteiger partial charge is 0.317 e. The number of fused-ring (bicyclic) bond motifs is 2. The minimum atomic E-state index is -0.485. The van der Waals surface area contributed by atoms with Gasteiger partial charge in [-0.25, -0.2) is 4.79 Å². The molecule has 0 saturated heterocycles. The maximum absolute atomic E-state index is 12.4. The van der Waals surface area contributed by atoms with E-state index in [1.54, 1.807) is 11.8 Å². The number of urea groups is 1. The van der Waals surface area contributed by atoms with E-state index in [-0.39, 0.29) is 18.1 Å². The van der Waals surface area contributed by atoms with Crippen LogP contribution in [0.3, 0.4) is 0 Å². The fourth-order valence-electron chi connectivity index (χ4n) is 4.10. The van der Waals surface area contributed by atoms with Crippen molar-refractivity contribution in [3.63, 3.8) is 0 Å². The van der Waals surface area contributed by atoms with Crippen molar-refractivity contribution in [2.45, 2.75) is 71.6 Å². The highest BCUT2D eigenvalue weighted by Crippen LogP contribution is 2.49. The molecule has 0 radical (unpaired) electrons. The van der Waals surface area contributed by atoms with Crippen LogP contribution in [0.1, 0.15) is 53.4 Å². The molecule has 2 saturated carbocycles. The summed E-state index contributed by atoms with van der Waals surface area (Å²) in [4.78, 5) is 14.1. The Bertz CT molecular complexity index is 343. The van der Waals surface area contributed by atoms with Gasteiger partial charge in [-0.2, -0.15) is 0 Å². The van der Waals surface area contributed by atoms with Gasteiger partial charge < -0.3 is 15.3 Å². The Kier molecular flexibility index (Phi) is 4.95. The number of nitrogens with one attached hydrogen (secondary N) is 1. The molecule has 2 aliphatic rings. The third-order valence-corrected chi connectivity index (χ3v) is 5.13. The molecule has 2 bridgehead atoms. The van der Waals surface area contributed by atoms with Crippen LogP contribution in [0.4, 0.5) is 4.79 Å². The molecule has 116 valence electrons. The van der Waals surface area contributed by atoms with E-state index >= 15 is 0 Å². The van der Waals surface area contributed by atoms with E-state index in [0.29, 0.717) is 12.5 Å². The number of carbonyl (C=O) groups excluding carboxylic acids is 1. The quantitative estimate of drug-likeness (QED) is 0.814. The zero-order valence-electron chi connectivity index (χ0n) is 13.3. The lowest BCUT2D eigenvalue weighted by Gasteiger charge is -2.33. The molecule has 5 unspecified atom stereocenters. The van der Waals surface area contributed by atoms with Crippen LogP contribution in [-0.4, -0.2) is 40.8 Å². The molecule has 0 aliphatic heterocycles. The first kappa shape index (κ1) is 15.6. The van der Waals surface area contributed by atoms with Crippen molar-refractivity contribution in [1.82, 2.24) is 10.2 Å². The van der Waals surface area contributed by atoms with Crippen LogP contribution in [0.2, 0.25) is 0 Å². The van der Waals surface area contributed by atoms with Crippen LogP contribution in [0.15, 0.2) is 0 Å². The third-order valence-electron chi connectivity index (χ3n) is 5.13. The predicted octanol–water partition coefficient (Wildman–Crippen LogP) is 2.61. The van der Waals surface area contributed by atoms with E-state index in [1.165, 1.54) is 25.7 Å². The monoisotopic (exact) mass is 282 g/mol. The summed E-state index contributed by atoms with van der Waals surface area (Å²) in [5, 5.41) is 12.7. The molecule has 4 nitrogen and oxygen atoms in total. The van der Waals surface area contributed by atoms with Gasteiger partial charge in [-0.1, -0.05) is 6.42 Å². The van der Waals surface area contributed by atoms with Gasteiger partial charge in [0.25, 0.3) is 0 Å². The van der Waals surface area contributed by atoms with Gasteiger partial charge in [-0.15, -0.1) is 0 Å². The van der Waals surface area contributed by atoms with Gasteiger partial charge in [0.1, 0.15) is 0 Å². The SMILES string of the molecule is CC(O)CN(C(=O)NC(C)C1CC2CCC1C2)C(C)C. The molecule has 0 aromatic rings. The second-order valence-electron chi connectivity index (χ2n) is 7.17. The number of nitrogens with zero attached hydrogens (tertiary/aromatic N) is 1. The molecule has 2 N–H and O–H groups in total. The lowest BCUT2D eigenvalue weighted by molar-refractivity contribution is 0.115. The number of amides is 2. The van der Waals surface area contributed by atoms with E-state index in [4.69, 9.17) is 0 Å². The summed E-state index contributed by atoms with van der Waals surface area (Å²) in [6.07, 6.45) is 4.90. The number of carbonyl (C=O) groups is 1. The van der Waals surface area contributed by atoms with E-state index in [1.807, 2.05) is 13.8 Å². The Morgan fingerprint density at radius 3 is 2.40 bits per heavy atom. The molecule has 4 heteroatoms. The number of aliphatic hydroxyl groups excluding tert-OH is 1. The van der Waals surface area contributed by atoms with Crippen molar-refractivity contribution in [2.75, 3.05) is 6.54 Å². The Balaban J connectivity index is 1.89. The van der Waals surface area contributed by atoms with Crippen molar-refractivity contribution >= 4 is 6.03 Å². The van der Waals surface area contributed by atoms with Gasteiger partial charge in [-0.3, -0.25) is 0 Å². The van der Waals surface area contributed by atoms with E-state index < -0.39 is 6.10 Å². The maximum Gasteiger partial charge on any atom is 0.317 e. The molecule has 5 atom stereocenters. The summed E-state index contributed by atoms with van der Waals surface area (Å²) < 4.78 is 0. The summed E-state index contributed by atoms with van der Waals surface area (Å²) in [6.45, 7) is 8.24. The van der Waals surface area contributed by atoms with Crippen molar-refractivity contribution in [3.05, 3.63) is 0 Å². The molecule has 0 spiro atoms. The fourth-order valence-corrected chi connectivity index (χ4v) is 4.10. The van der Waals surface area contributed by atoms with E-state index in [0.717, 1.165) is 11.8 Å². The molecule has 2 fully saturated rings. The van der Waals surface area contributed by atoms with Crippen molar-refractivity contribution in [1.29, 1.82) is 0 Å². The van der Waals surface area contributed by atoms with Gasteiger partial charge in [0, 0.05) is 18.6 Å². The number of hydrogen-bond acceptors (Lipinski definition) is 2. The summed E-state index contributed by atoms with van der Waals surface area (Å²) >= 11 is 0. The molecule has 0 heterocycles. The molecule has 0 aromatic carbocycles. The number of hydrogen-bond donors (Lipinski definition) is 2. The first-order chi connectivity index (χ1) is 9.38. The summed E-state index contributed by atoms with van der Waals surface area (Å²) in [5.41, 5.74) is 0. The maximum atomic E-state index is 12.4. The highest BCUT2D eigenvalue weighted by molar-refractivity contribution is 5.74. The van der Waals surface area contributed by atoms with Crippen LogP contribution in [-0.2, 0) is 0 Å². The average molecular weight is 282 g/mol. The molecule has 2 rings (SSSR count).